The molecule has 0 spiro atoms. The fourth-order valence-electron chi connectivity index (χ4n) is 3.23. The van der Waals surface area contributed by atoms with Gasteiger partial charge in [-0.25, -0.2) is 0 Å². The van der Waals surface area contributed by atoms with Gasteiger partial charge in [-0.15, -0.1) is 0 Å². The lowest BCUT2D eigenvalue weighted by Crippen LogP contribution is -2.25. The molecule has 2 unspecified atom stereocenters. The van der Waals surface area contributed by atoms with Gasteiger partial charge in [-0.3, -0.25) is 0 Å². The SMILES string of the molecule is COc1c(CC2CCCN2)cccc1OC1CCCSC1. The molecule has 2 saturated heterocycles. The second-order valence-corrected chi connectivity index (χ2v) is 7.05. The van der Waals surface area contributed by atoms with E-state index in [9.17, 15) is 0 Å². The average Bonchev–Trinajstić information content (AvgIpc) is 3.02. The minimum absolute atomic E-state index is 0.331. The maximum Gasteiger partial charge on any atom is 0.163 e. The Morgan fingerprint density at radius 3 is 2.95 bits per heavy atom. The van der Waals surface area contributed by atoms with Crippen LogP contribution in [-0.4, -0.2) is 37.3 Å². The highest BCUT2D eigenvalue weighted by atomic mass is 32.2. The molecule has 116 valence electrons. The van der Waals surface area contributed by atoms with Crippen LogP contribution in [-0.2, 0) is 6.42 Å². The van der Waals surface area contributed by atoms with Crippen molar-refractivity contribution in [2.24, 2.45) is 0 Å². The molecule has 0 saturated carbocycles. The van der Waals surface area contributed by atoms with E-state index in [1.54, 1.807) is 7.11 Å². The molecule has 3 nitrogen and oxygen atoms in total. The highest BCUT2D eigenvalue weighted by Crippen LogP contribution is 2.34. The van der Waals surface area contributed by atoms with Crippen molar-refractivity contribution in [3.63, 3.8) is 0 Å². The van der Waals surface area contributed by atoms with Crippen LogP contribution in [0, 0.1) is 0 Å². The van der Waals surface area contributed by atoms with E-state index in [1.165, 1.54) is 30.6 Å². The number of hydrogen-bond acceptors (Lipinski definition) is 4. The lowest BCUT2D eigenvalue weighted by Gasteiger charge is -2.24. The Kier molecular flexibility index (Phi) is 5.31. The summed E-state index contributed by atoms with van der Waals surface area (Å²) in [5.74, 6) is 4.21. The fraction of sp³-hybridized carbons (Fsp3) is 0.647. The van der Waals surface area contributed by atoms with Gasteiger partial charge in [0.05, 0.1) is 7.11 Å². The number of nitrogens with one attached hydrogen (secondary N) is 1. The molecule has 0 radical (unpaired) electrons. The smallest absolute Gasteiger partial charge is 0.163 e. The Hall–Kier alpha value is -0.870. The first kappa shape index (κ1) is 15.0. The lowest BCUT2D eigenvalue weighted by molar-refractivity contribution is 0.202. The molecule has 1 aromatic carbocycles. The van der Waals surface area contributed by atoms with E-state index in [4.69, 9.17) is 9.47 Å². The highest BCUT2D eigenvalue weighted by molar-refractivity contribution is 7.99. The molecule has 1 N–H and O–H groups in total. The van der Waals surface area contributed by atoms with Gasteiger partial charge in [0.2, 0.25) is 0 Å². The van der Waals surface area contributed by atoms with Crippen molar-refractivity contribution in [3.05, 3.63) is 23.8 Å². The van der Waals surface area contributed by atoms with Crippen molar-refractivity contribution < 1.29 is 9.47 Å². The Morgan fingerprint density at radius 1 is 1.29 bits per heavy atom. The minimum atomic E-state index is 0.331. The molecule has 3 rings (SSSR count). The summed E-state index contributed by atoms with van der Waals surface area (Å²) in [7, 11) is 1.75. The van der Waals surface area contributed by atoms with E-state index in [1.807, 2.05) is 17.8 Å². The third-order valence-electron chi connectivity index (χ3n) is 4.31. The molecule has 21 heavy (non-hydrogen) atoms. The maximum atomic E-state index is 6.22. The lowest BCUT2D eigenvalue weighted by atomic mass is 10.0. The second kappa shape index (κ2) is 7.41. The zero-order chi connectivity index (χ0) is 14.5. The van der Waals surface area contributed by atoms with Crippen molar-refractivity contribution in [2.75, 3.05) is 25.2 Å². The maximum absolute atomic E-state index is 6.22. The monoisotopic (exact) mass is 307 g/mol. The summed E-state index contributed by atoms with van der Waals surface area (Å²) in [6.07, 6.45) is 6.31. The van der Waals surface area contributed by atoms with Gasteiger partial charge in [-0.05, 0) is 56.0 Å². The van der Waals surface area contributed by atoms with Crippen LogP contribution in [0.2, 0.25) is 0 Å². The molecule has 2 aliphatic rings. The average molecular weight is 307 g/mol. The van der Waals surface area contributed by atoms with Crippen LogP contribution in [0.4, 0.5) is 0 Å². The number of ether oxygens (including phenoxy) is 2. The Bertz CT molecular complexity index is 454. The number of hydrogen-bond donors (Lipinski definition) is 1. The predicted molar refractivity (Wildman–Crippen MR) is 88.7 cm³/mol. The third kappa shape index (κ3) is 3.86. The van der Waals surface area contributed by atoms with Crippen molar-refractivity contribution in [3.8, 4) is 11.5 Å². The molecule has 0 bridgehead atoms. The second-order valence-electron chi connectivity index (χ2n) is 5.90. The van der Waals surface area contributed by atoms with Gasteiger partial charge >= 0.3 is 0 Å². The molecular weight excluding hydrogens is 282 g/mol. The predicted octanol–water partition coefficient (Wildman–Crippen LogP) is 3.26. The number of benzene rings is 1. The number of methoxy groups -OCH3 is 1. The summed E-state index contributed by atoms with van der Waals surface area (Å²) in [4.78, 5) is 0. The van der Waals surface area contributed by atoms with E-state index < -0.39 is 0 Å². The summed E-state index contributed by atoms with van der Waals surface area (Å²) in [5.41, 5.74) is 1.26. The third-order valence-corrected chi connectivity index (χ3v) is 5.49. The van der Waals surface area contributed by atoms with Gasteiger partial charge in [-0.2, -0.15) is 11.8 Å². The Balaban J connectivity index is 1.72. The molecule has 2 heterocycles. The topological polar surface area (TPSA) is 30.5 Å². The van der Waals surface area contributed by atoms with E-state index in [0.717, 1.165) is 36.6 Å². The van der Waals surface area contributed by atoms with Crippen LogP contribution in [0.15, 0.2) is 18.2 Å². The van der Waals surface area contributed by atoms with E-state index >= 15 is 0 Å². The fourth-order valence-corrected chi connectivity index (χ4v) is 4.26. The van der Waals surface area contributed by atoms with Crippen LogP contribution in [0.5, 0.6) is 11.5 Å². The quantitative estimate of drug-likeness (QED) is 0.904. The first-order chi connectivity index (χ1) is 10.4. The molecule has 2 fully saturated rings. The largest absolute Gasteiger partial charge is 0.493 e. The summed E-state index contributed by atoms with van der Waals surface area (Å²) >= 11 is 1.99. The summed E-state index contributed by atoms with van der Waals surface area (Å²) in [5, 5.41) is 3.56. The van der Waals surface area contributed by atoms with Crippen molar-refractivity contribution in [2.45, 2.75) is 44.2 Å². The highest BCUT2D eigenvalue weighted by Gasteiger charge is 2.21. The summed E-state index contributed by atoms with van der Waals surface area (Å²) < 4.78 is 11.9. The van der Waals surface area contributed by atoms with Crippen LogP contribution in [0.1, 0.15) is 31.2 Å². The number of para-hydroxylation sites is 1. The standard InChI is InChI=1S/C17H25NO2S/c1-19-17-13(11-14-6-3-9-18-14)5-2-8-16(17)20-15-7-4-10-21-12-15/h2,5,8,14-15,18H,3-4,6-7,9-12H2,1H3. The molecule has 0 aliphatic carbocycles. The molecule has 4 heteroatoms. The van der Waals surface area contributed by atoms with Crippen LogP contribution < -0.4 is 14.8 Å². The molecule has 2 atom stereocenters. The van der Waals surface area contributed by atoms with Crippen molar-refractivity contribution >= 4 is 11.8 Å². The molecular formula is C17H25NO2S. The number of thioether (sulfide) groups is 1. The van der Waals surface area contributed by atoms with Crippen molar-refractivity contribution in [1.29, 1.82) is 0 Å². The Morgan fingerprint density at radius 2 is 2.24 bits per heavy atom. The number of rotatable bonds is 5. The molecule has 0 aromatic heterocycles. The van der Waals surface area contributed by atoms with E-state index in [-0.39, 0.29) is 0 Å². The molecule has 0 amide bonds. The van der Waals surface area contributed by atoms with Crippen LogP contribution in [0.25, 0.3) is 0 Å². The van der Waals surface area contributed by atoms with Crippen molar-refractivity contribution in [1.82, 2.24) is 5.32 Å². The zero-order valence-electron chi connectivity index (χ0n) is 12.8. The van der Waals surface area contributed by atoms with E-state index in [2.05, 4.69) is 17.4 Å². The van der Waals surface area contributed by atoms with Gasteiger partial charge < -0.3 is 14.8 Å². The first-order valence-electron chi connectivity index (χ1n) is 8.00. The summed E-state index contributed by atoms with van der Waals surface area (Å²) in [6, 6.07) is 6.89. The Labute approximate surface area is 131 Å². The van der Waals surface area contributed by atoms with Gasteiger partial charge in [-0.1, -0.05) is 12.1 Å². The van der Waals surface area contributed by atoms with Gasteiger partial charge in [0, 0.05) is 11.8 Å². The van der Waals surface area contributed by atoms with Gasteiger partial charge in [0.25, 0.3) is 0 Å². The van der Waals surface area contributed by atoms with Crippen LogP contribution >= 0.6 is 11.8 Å². The van der Waals surface area contributed by atoms with E-state index in [0.29, 0.717) is 12.1 Å². The van der Waals surface area contributed by atoms with Gasteiger partial charge in [0.1, 0.15) is 6.10 Å². The normalized spacial score (nSPS) is 25.8. The van der Waals surface area contributed by atoms with Gasteiger partial charge in [0.15, 0.2) is 11.5 Å². The van der Waals surface area contributed by atoms with Crippen LogP contribution in [0.3, 0.4) is 0 Å². The molecule has 2 aliphatic heterocycles. The summed E-state index contributed by atoms with van der Waals surface area (Å²) in [6.45, 7) is 1.14. The molecule has 1 aromatic rings. The minimum Gasteiger partial charge on any atom is -0.493 e. The first-order valence-corrected chi connectivity index (χ1v) is 9.16. The zero-order valence-corrected chi connectivity index (χ0v) is 13.6.